The number of Topliss-reactive ketones (excluding diaryl/α,β-unsaturated/α-hetero) is 1. The van der Waals surface area contributed by atoms with Crippen LogP contribution in [0.1, 0.15) is 6.42 Å². The van der Waals surface area contributed by atoms with Gasteiger partial charge in [-0.3, -0.25) is 4.79 Å². The van der Waals surface area contributed by atoms with Crippen molar-refractivity contribution in [1.29, 1.82) is 0 Å². The van der Waals surface area contributed by atoms with Crippen molar-refractivity contribution >= 4 is 17.4 Å². The number of benzene rings is 1. The predicted molar refractivity (Wildman–Crippen MR) is 119 cm³/mol. The molecule has 1 aromatic carbocycles. The second-order valence-electron chi connectivity index (χ2n) is 8.30. The molecule has 3 rings (SSSR count). The van der Waals surface area contributed by atoms with Crippen LogP contribution in [0.3, 0.4) is 0 Å². The molecular weight excluding hydrogens is 448 g/mol. The van der Waals surface area contributed by atoms with Gasteiger partial charge in [-0.15, -0.1) is 5.10 Å². The molecule has 1 aromatic heterocycles. The van der Waals surface area contributed by atoms with Crippen LogP contribution in [-0.2, 0) is 20.9 Å². The smallest absolute Gasteiger partial charge is 0.370 e. The van der Waals surface area contributed by atoms with E-state index in [-0.39, 0.29) is 13.0 Å². The molecule has 184 valence electrons. The van der Waals surface area contributed by atoms with E-state index in [2.05, 4.69) is 10.3 Å². The van der Waals surface area contributed by atoms with E-state index in [1.54, 1.807) is 6.20 Å². The number of anilines is 1. The second kappa shape index (κ2) is 10.7. The van der Waals surface area contributed by atoms with E-state index >= 15 is 0 Å². The molecule has 0 saturated carbocycles. The zero-order valence-corrected chi connectivity index (χ0v) is 18.7. The number of aliphatic carboxylic acids is 1. The third-order valence-electron chi connectivity index (χ3n) is 5.59. The van der Waals surface area contributed by atoms with Crippen LogP contribution in [-0.4, -0.2) is 97.4 Å². The molecule has 2 aromatic rings. The Balaban J connectivity index is 1.71. The van der Waals surface area contributed by atoms with E-state index in [1.807, 2.05) is 43.3 Å². The van der Waals surface area contributed by atoms with Crippen LogP contribution in [0, 0.1) is 5.92 Å². The Labute approximate surface area is 195 Å². The lowest BCUT2D eigenvalue weighted by molar-refractivity contribution is -0.154. The molecule has 12 nitrogen and oxygen atoms in total. The van der Waals surface area contributed by atoms with Crippen molar-refractivity contribution in [3.63, 3.8) is 0 Å². The van der Waals surface area contributed by atoms with Gasteiger partial charge in [0.05, 0.1) is 18.9 Å². The van der Waals surface area contributed by atoms with Crippen molar-refractivity contribution in [1.82, 2.24) is 15.0 Å². The standard InChI is InChI=1S/C22H28N4O8/c1-25(2)13-5-3-12(4-6-13)16-10-26(24-23-16)9-14(28)7-15-17(29)8-19(22(32)33)34-21(15)20(31)18(30)11-27/h3-6,8,10,15,17-18,20-21,27,29-31H,7,9,11H2,1-2H3,(H,32,33)/t15-,17-,18?,20?,21?/m1/s1. The molecular formula is C22H28N4O8. The summed E-state index contributed by atoms with van der Waals surface area (Å²) in [6, 6.07) is 7.61. The van der Waals surface area contributed by atoms with E-state index in [0.29, 0.717) is 5.69 Å². The quantitative estimate of drug-likeness (QED) is 0.285. The summed E-state index contributed by atoms with van der Waals surface area (Å²) in [7, 11) is 3.86. The van der Waals surface area contributed by atoms with Crippen LogP contribution < -0.4 is 4.90 Å². The summed E-state index contributed by atoms with van der Waals surface area (Å²) < 4.78 is 6.58. The molecule has 12 heteroatoms. The van der Waals surface area contributed by atoms with Crippen molar-refractivity contribution in [2.75, 3.05) is 25.6 Å². The molecule has 2 heterocycles. The highest BCUT2D eigenvalue weighted by Gasteiger charge is 2.43. The number of aliphatic hydroxyl groups excluding tert-OH is 4. The van der Waals surface area contributed by atoms with Gasteiger partial charge < -0.3 is 35.2 Å². The first-order valence-corrected chi connectivity index (χ1v) is 10.6. The van der Waals surface area contributed by atoms with Crippen LogP contribution in [0.25, 0.3) is 11.3 Å². The SMILES string of the molecule is CN(C)c1ccc(-c2cn(CC(=O)C[C@H]3C(C(O)C(O)CO)OC(C(=O)O)=C[C@H]3O)nn2)cc1. The highest BCUT2D eigenvalue weighted by atomic mass is 16.5. The maximum absolute atomic E-state index is 12.7. The number of carbonyl (C=O) groups is 2. The Morgan fingerprint density at radius 2 is 1.88 bits per heavy atom. The number of carboxylic acids is 1. The van der Waals surface area contributed by atoms with Gasteiger partial charge in [0.1, 0.15) is 30.6 Å². The van der Waals surface area contributed by atoms with Crippen molar-refractivity contribution in [2.45, 2.75) is 37.4 Å². The average Bonchev–Trinajstić information content (AvgIpc) is 3.27. The minimum Gasteiger partial charge on any atom is -0.480 e. The van der Waals surface area contributed by atoms with Crippen LogP contribution in [0.15, 0.2) is 42.3 Å². The molecule has 0 bridgehead atoms. The Hall–Kier alpha value is -3.32. The number of ketones is 1. The van der Waals surface area contributed by atoms with Gasteiger partial charge in [0.2, 0.25) is 5.76 Å². The molecule has 1 aliphatic heterocycles. The number of hydrogen-bond acceptors (Lipinski definition) is 10. The zero-order chi connectivity index (χ0) is 25.0. The third kappa shape index (κ3) is 5.78. The van der Waals surface area contributed by atoms with Gasteiger partial charge >= 0.3 is 5.97 Å². The first-order chi connectivity index (χ1) is 16.1. The van der Waals surface area contributed by atoms with Gasteiger partial charge in [-0.25, -0.2) is 9.48 Å². The Bertz CT molecular complexity index is 1040. The number of carboxylic acid groups (broad SMARTS) is 1. The highest BCUT2D eigenvalue weighted by Crippen LogP contribution is 2.30. The van der Waals surface area contributed by atoms with Crippen molar-refractivity contribution in [2.24, 2.45) is 5.92 Å². The predicted octanol–water partition coefficient (Wildman–Crippen LogP) is -0.971. The van der Waals surface area contributed by atoms with Gasteiger partial charge in [-0.2, -0.15) is 0 Å². The molecule has 0 amide bonds. The van der Waals surface area contributed by atoms with Gasteiger partial charge in [-0.05, 0) is 18.2 Å². The molecule has 0 fully saturated rings. The van der Waals surface area contributed by atoms with Crippen LogP contribution in [0.2, 0.25) is 0 Å². The first-order valence-electron chi connectivity index (χ1n) is 10.6. The summed E-state index contributed by atoms with van der Waals surface area (Å²) in [5, 5.41) is 56.9. The van der Waals surface area contributed by atoms with Crippen molar-refractivity contribution < 1.29 is 39.9 Å². The molecule has 0 saturated heterocycles. The fraction of sp³-hybridized carbons (Fsp3) is 0.455. The summed E-state index contributed by atoms with van der Waals surface area (Å²) in [4.78, 5) is 25.9. The van der Waals surface area contributed by atoms with Gasteiger partial charge in [0.15, 0.2) is 5.78 Å². The summed E-state index contributed by atoms with van der Waals surface area (Å²) in [6.07, 6.45) is -4.03. The van der Waals surface area contributed by atoms with Crippen molar-refractivity contribution in [3.05, 3.63) is 42.3 Å². The molecule has 0 aliphatic carbocycles. The largest absolute Gasteiger partial charge is 0.480 e. The molecule has 0 radical (unpaired) electrons. The van der Waals surface area contributed by atoms with Crippen LogP contribution >= 0.6 is 0 Å². The minimum atomic E-state index is -1.73. The molecule has 0 spiro atoms. The fourth-order valence-corrected chi connectivity index (χ4v) is 3.70. The normalized spacial score (nSPS) is 21.8. The van der Waals surface area contributed by atoms with Gasteiger partial charge in [0, 0.05) is 37.7 Å². The molecule has 34 heavy (non-hydrogen) atoms. The fourth-order valence-electron chi connectivity index (χ4n) is 3.70. The third-order valence-corrected chi connectivity index (χ3v) is 5.59. The molecule has 5 atom stereocenters. The zero-order valence-electron chi connectivity index (χ0n) is 18.7. The lowest BCUT2D eigenvalue weighted by Crippen LogP contribution is -2.51. The lowest BCUT2D eigenvalue weighted by Gasteiger charge is -2.37. The summed E-state index contributed by atoms with van der Waals surface area (Å²) >= 11 is 0. The Morgan fingerprint density at radius 3 is 2.47 bits per heavy atom. The monoisotopic (exact) mass is 476 g/mol. The lowest BCUT2D eigenvalue weighted by atomic mass is 9.84. The highest BCUT2D eigenvalue weighted by molar-refractivity contribution is 5.85. The maximum atomic E-state index is 12.7. The average molecular weight is 476 g/mol. The summed E-state index contributed by atoms with van der Waals surface area (Å²) in [6.45, 7) is -1.01. The van der Waals surface area contributed by atoms with E-state index in [0.717, 1.165) is 17.3 Å². The first kappa shape index (κ1) is 25.3. The number of carbonyl (C=O) groups excluding carboxylic acids is 1. The topological polar surface area (TPSA) is 178 Å². The van der Waals surface area contributed by atoms with Gasteiger partial charge in [-0.1, -0.05) is 17.3 Å². The number of hydrogen-bond donors (Lipinski definition) is 5. The Morgan fingerprint density at radius 1 is 1.21 bits per heavy atom. The number of aliphatic hydroxyl groups is 4. The second-order valence-corrected chi connectivity index (χ2v) is 8.30. The number of nitrogens with zero attached hydrogens (tertiary/aromatic N) is 4. The number of aromatic nitrogens is 3. The minimum absolute atomic E-state index is 0.188. The van der Waals surface area contributed by atoms with Crippen molar-refractivity contribution in [3.8, 4) is 11.3 Å². The van der Waals surface area contributed by atoms with E-state index in [4.69, 9.17) is 14.9 Å². The molecule has 5 N–H and O–H groups in total. The Kier molecular flexibility index (Phi) is 7.99. The maximum Gasteiger partial charge on any atom is 0.370 e. The van der Waals surface area contributed by atoms with E-state index < -0.39 is 54.5 Å². The molecule has 3 unspecified atom stereocenters. The van der Waals surface area contributed by atoms with Gasteiger partial charge in [0.25, 0.3) is 0 Å². The summed E-state index contributed by atoms with van der Waals surface area (Å²) in [5.74, 6) is -3.55. The number of ether oxygens (including phenoxy) is 1. The van der Waals surface area contributed by atoms with Crippen LogP contribution in [0.4, 0.5) is 5.69 Å². The summed E-state index contributed by atoms with van der Waals surface area (Å²) in [5.41, 5.74) is 2.39. The van der Waals surface area contributed by atoms with E-state index in [9.17, 15) is 24.9 Å². The molecule has 1 aliphatic rings. The van der Waals surface area contributed by atoms with E-state index in [1.165, 1.54) is 4.68 Å². The number of rotatable bonds is 10. The van der Waals surface area contributed by atoms with Crippen LogP contribution in [0.5, 0.6) is 0 Å².